The van der Waals surface area contributed by atoms with E-state index in [4.69, 9.17) is 5.73 Å². The molecule has 0 aliphatic rings. The number of rotatable bonds is 4. The Kier molecular flexibility index (Phi) is 7.10. The van der Waals surface area contributed by atoms with Gasteiger partial charge in [0.1, 0.15) is 0 Å². The van der Waals surface area contributed by atoms with Gasteiger partial charge in [0.2, 0.25) is 0 Å². The van der Waals surface area contributed by atoms with Gasteiger partial charge in [-0.05, 0) is 29.7 Å². The minimum Gasteiger partial charge on any atom is -0.330 e. The second-order valence-corrected chi connectivity index (χ2v) is 4.78. The predicted octanol–water partition coefficient (Wildman–Crippen LogP) is 3.32. The molecule has 0 aromatic heterocycles. The van der Waals surface area contributed by atoms with E-state index in [-0.39, 0.29) is 12.4 Å². The molecule has 0 saturated heterocycles. The van der Waals surface area contributed by atoms with Crippen molar-refractivity contribution in [2.45, 2.75) is 41.5 Å². The fourth-order valence-corrected chi connectivity index (χ4v) is 2.71. The highest BCUT2D eigenvalue weighted by Gasteiger charge is 2.38. The maximum Gasteiger partial charge on any atom is -0.00132 e. The normalized spacial score (nSPS) is 12.5. The molecular formula is C11H26ClN. The quantitative estimate of drug-likeness (QED) is 0.752. The summed E-state index contributed by atoms with van der Waals surface area (Å²) in [4.78, 5) is 0. The van der Waals surface area contributed by atoms with Gasteiger partial charge in [-0.3, -0.25) is 0 Å². The standard InChI is InChI=1S/C11H25N.ClH/c1-8(2)11(7-12,9(3)4)10(5)6;/h8-10H,7,12H2,1-6H3;1H. The maximum absolute atomic E-state index is 5.91. The molecule has 0 heterocycles. The third kappa shape index (κ3) is 2.85. The molecule has 0 radical (unpaired) electrons. The van der Waals surface area contributed by atoms with Crippen molar-refractivity contribution in [3.8, 4) is 0 Å². The molecule has 0 unspecified atom stereocenters. The van der Waals surface area contributed by atoms with Crippen molar-refractivity contribution in [2.75, 3.05) is 6.54 Å². The molecule has 1 nitrogen and oxygen atoms in total. The zero-order chi connectivity index (χ0) is 9.94. The molecule has 0 aliphatic carbocycles. The van der Waals surface area contributed by atoms with Crippen molar-refractivity contribution >= 4 is 12.4 Å². The largest absolute Gasteiger partial charge is 0.330 e. The van der Waals surface area contributed by atoms with Crippen molar-refractivity contribution in [1.29, 1.82) is 0 Å². The van der Waals surface area contributed by atoms with E-state index in [0.717, 1.165) is 6.54 Å². The zero-order valence-corrected chi connectivity index (χ0v) is 10.7. The summed E-state index contributed by atoms with van der Waals surface area (Å²) in [5, 5.41) is 0. The van der Waals surface area contributed by atoms with E-state index in [9.17, 15) is 0 Å². The van der Waals surface area contributed by atoms with Gasteiger partial charge in [-0.1, -0.05) is 41.5 Å². The molecule has 2 N–H and O–H groups in total. The zero-order valence-electron chi connectivity index (χ0n) is 9.92. The van der Waals surface area contributed by atoms with Crippen LogP contribution in [0.2, 0.25) is 0 Å². The van der Waals surface area contributed by atoms with Crippen LogP contribution in [0.1, 0.15) is 41.5 Å². The lowest BCUT2D eigenvalue weighted by Crippen LogP contribution is -2.44. The summed E-state index contributed by atoms with van der Waals surface area (Å²) >= 11 is 0. The van der Waals surface area contributed by atoms with Crippen LogP contribution >= 0.6 is 12.4 Å². The average Bonchev–Trinajstić information content (AvgIpc) is 1.86. The van der Waals surface area contributed by atoms with Crippen LogP contribution in [0.4, 0.5) is 0 Å². The average molecular weight is 208 g/mol. The Balaban J connectivity index is 0. The molecule has 82 valence electrons. The molecule has 2 heteroatoms. The van der Waals surface area contributed by atoms with Crippen LogP contribution in [0.25, 0.3) is 0 Å². The van der Waals surface area contributed by atoms with Gasteiger partial charge < -0.3 is 5.73 Å². The fourth-order valence-electron chi connectivity index (χ4n) is 2.71. The molecule has 0 spiro atoms. The topological polar surface area (TPSA) is 26.0 Å². The van der Waals surface area contributed by atoms with Gasteiger partial charge >= 0.3 is 0 Å². The molecule has 0 bridgehead atoms. The SMILES string of the molecule is CC(C)C(CN)(C(C)C)C(C)C.Cl. The Labute approximate surface area is 89.9 Å². The van der Waals surface area contributed by atoms with Gasteiger partial charge in [0.05, 0.1) is 0 Å². The van der Waals surface area contributed by atoms with Gasteiger partial charge in [-0.25, -0.2) is 0 Å². The van der Waals surface area contributed by atoms with E-state index in [2.05, 4.69) is 41.5 Å². The van der Waals surface area contributed by atoms with Crippen LogP contribution in [0, 0.1) is 23.2 Å². The van der Waals surface area contributed by atoms with Crippen molar-refractivity contribution in [3.63, 3.8) is 0 Å². The van der Waals surface area contributed by atoms with Crippen molar-refractivity contribution in [1.82, 2.24) is 0 Å². The van der Waals surface area contributed by atoms with Crippen molar-refractivity contribution < 1.29 is 0 Å². The smallest absolute Gasteiger partial charge is 0.00132 e. The summed E-state index contributed by atoms with van der Waals surface area (Å²) < 4.78 is 0. The summed E-state index contributed by atoms with van der Waals surface area (Å²) in [6.07, 6.45) is 0. The van der Waals surface area contributed by atoms with Crippen LogP contribution in [0.3, 0.4) is 0 Å². The molecule has 0 aromatic carbocycles. The van der Waals surface area contributed by atoms with E-state index < -0.39 is 0 Å². The molecule has 0 amide bonds. The van der Waals surface area contributed by atoms with Crippen LogP contribution in [-0.4, -0.2) is 6.54 Å². The predicted molar refractivity (Wildman–Crippen MR) is 63.2 cm³/mol. The maximum atomic E-state index is 5.91. The molecule has 0 aliphatic heterocycles. The van der Waals surface area contributed by atoms with Crippen LogP contribution < -0.4 is 5.73 Å². The summed E-state index contributed by atoms with van der Waals surface area (Å²) in [6.45, 7) is 14.5. The minimum atomic E-state index is 0. The Morgan fingerprint density at radius 3 is 1.08 bits per heavy atom. The Hall–Kier alpha value is 0.250. The number of hydrogen-bond acceptors (Lipinski definition) is 1. The van der Waals surface area contributed by atoms with Crippen molar-refractivity contribution in [2.24, 2.45) is 28.9 Å². The molecular weight excluding hydrogens is 182 g/mol. The van der Waals surface area contributed by atoms with E-state index >= 15 is 0 Å². The van der Waals surface area contributed by atoms with Crippen LogP contribution in [-0.2, 0) is 0 Å². The summed E-state index contributed by atoms with van der Waals surface area (Å²) in [5.74, 6) is 2.01. The number of hydrogen-bond donors (Lipinski definition) is 1. The first-order chi connectivity index (χ1) is 5.39. The van der Waals surface area contributed by atoms with E-state index in [1.165, 1.54) is 0 Å². The van der Waals surface area contributed by atoms with E-state index in [0.29, 0.717) is 23.2 Å². The Bertz CT molecular complexity index is 108. The molecule has 0 saturated carbocycles. The van der Waals surface area contributed by atoms with Gasteiger partial charge in [0.25, 0.3) is 0 Å². The lowest BCUT2D eigenvalue weighted by Gasteiger charge is -2.44. The molecule has 0 aromatic rings. The molecule has 13 heavy (non-hydrogen) atoms. The molecule has 0 fully saturated rings. The third-order valence-electron chi connectivity index (χ3n) is 3.58. The lowest BCUT2D eigenvalue weighted by molar-refractivity contribution is 0.0602. The highest BCUT2D eigenvalue weighted by atomic mass is 35.5. The first kappa shape index (κ1) is 15.7. The second-order valence-electron chi connectivity index (χ2n) is 4.78. The number of nitrogens with two attached hydrogens (primary N) is 1. The Morgan fingerprint density at radius 2 is 1.08 bits per heavy atom. The van der Waals surface area contributed by atoms with Gasteiger partial charge in [-0.2, -0.15) is 0 Å². The Morgan fingerprint density at radius 1 is 0.846 bits per heavy atom. The monoisotopic (exact) mass is 207 g/mol. The lowest BCUT2D eigenvalue weighted by atomic mass is 9.62. The first-order valence-corrected chi connectivity index (χ1v) is 5.09. The summed E-state index contributed by atoms with van der Waals surface area (Å²) in [7, 11) is 0. The molecule has 0 rings (SSSR count). The fraction of sp³-hybridized carbons (Fsp3) is 1.00. The van der Waals surface area contributed by atoms with Gasteiger partial charge in [0, 0.05) is 0 Å². The van der Waals surface area contributed by atoms with Crippen molar-refractivity contribution in [3.05, 3.63) is 0 Å². The second kappa shape index (κ2) is 5.87. The van der Waals surface area contributed by atoms with E-state index in [1.54, 1.807) is 0 Å². The number of halogens is 1. The third-order valence-corrected chi connectivity index (χ3v) is 3.58. The highest BCUT2D eigenvalue weighted by Crippen LogP contribution is 2.41. The van der Waals surface area contributed by atoms with Gasteiger partial charge in [-0.15, -0.1) is 12.4 Å². The summed E-state index contributed by atoms with van der Waals surface area (Å²) in [5.41, 5.74) is 6.23. The molecule has 0 atom stereocenters. The first-order valence-electron chi connectivity index (χ1n) is 5.09. The van der Waals surface area contributed by atoms with Gasteiger partial charge in [0.15, 0.2) is 0 Å². The highest BCUT2D eigenvalue weighted by molar-refractivity contribution is 5.85. The summed E-state index contributed by atoms with van der Waals surface area (Å²) in [6, 6.07) is 0. The van der Waals surface area contributed by atoms with Crippen LogP contribution in [0.15, 0.2) is 0 Å². The van der Waals surface area contributed by atoms with E-state index in [1.807, 2.05) is 0 Å². The van der Waals surface area contributed by atoms with Crippen LogP contribution in [0.5, 0.6) is 0 Å². The minimum absolute atomic E-state index is 0.